The Morgan fingerprint density at radius 2 is 2.12 bits per heavy atom. The number of hydrogen-bond acceptors (Lipinski definition) is 5. The third-order valence-electron chi connectivity index (χ3n) is 3.69. The normalized spacial score (nSPS) is 11.0. The van der Waals surface area contributed by atoms with Gasteiger partial charge in [0.15, 0.2) is 23.0 Å². The largest absolute Gasteiger partial charge is 0.493 e. The Morgan fingerprint density at radius 3 is 2.88 bits per heavy atom. The highest BCUT2D eigenvalue weighted by Crippen LogP contribution is 2.36. The Kier molecular flexibility index (Phi) is 5.38. The second kappa shape index (κ2) is 7.88. The predicted molar refractivity (Wildman–Crippen MR) is 98.4 cm³/mol. The van der Waals surface area contributed by atoms with E-state index in [1.165, 1.54) is 20.3 Å². The van der Waals surface area contributed by atoms with E-state index >= 15 is 0 Å². The van der Waals surface area contributed by atoms with Gasteiger partial charge >= 0.3 is 0 Å². The summed E-state index contributed by atoms with van der Waals surface area (Å²) in [6.07, 6.45) is 4.91. The van der Waals surface area contributed by atoms with Gasteiger partial charge in [0.2, 0.25) is 5.91 Å². The minimum absolute atomic E-state index is 0.261. The van der Waals surface area contributed by atoms with Gasteiger partial charge in [-0.05, 0) is 35.9 Å². The third-order valence-corrected chi connectivity index (χ3v) is 3.97. The molecule has 0 atom stereocenters. The summed E-state index contributed by atoms with van der Waals surface area (Å²) in [5.41, 5.74) is 1.45. The van der Waals surface area contributed by atoms with Gasteiger partial charge in [-0.15, -0.1) is 10.2 Å². The number of ether oxygens (including phenoxy) is 2. The van der Waals surface area contributed by atoms with E-state index in [0.29, 0.717) is 22.3 Å². The van der Waals surface area contributed by atoms with Crippen molar-refractivity contribution < 1.29 is 14.3 Å². The number of methoxy groups -OCH3 is 2. The van der Waals surface area contributed by atoms with Crippen LogP contribution < -0.4 is 14.8 Å². The summed E-state index contributed by atoms with van der Waals surface area (Å²) in [5, 5.41) is 11.3. The first-order valence-corrected chi connectivity index (χ1v) is 8.16. The summed E-state index contributed by atoms with van der Waals surface area (Å²) in [6, 6.07) is 9.03. The van der Waals surface area contributed by atoms with Crippen LogP contribution >= 0.6 is 11.6 Å². The minimum atomic E-state index is -0.261. The van der Waals surface area contributed by atoms with Crippen LogP contribution in [-0.2, 0) is 11.3 Å². The first-order chi connectivity index (χ1) is 12.6. The fourth-order valence-corrected chi connectivity index (χ4v) is 2.74. The van der Waals surface area contributed by atoms with Crippen molar-refractivity contribution in [2.75, 3.05) is 14.2 Å². The monoisotopic (exact) mass is 372 g/mol. The zero-order chi connectivity index (χ0) is 18.5. The molecule has 0 saturated heterocycles. The van der Waals surface area contributed by atoms with Crippen molar-refractivity contribution in [2.24, 2.45) is 0 Å². The Balaban J connectivity index is 1.67. The van der Waals surface area contributed by atoms with E-state index in [9.17, 15) is 4.79 Å². The average Bonchev–Trinajstić information content (AvgIpc) is 3.07. The Hall–Kier alpha value is -3.06. The lowest BCUT2D eigenvalue weighted by Gasteiger charge is -2.10. The first-order valence-electron chi connectivity index (χ1n) is 7.78. The molecule has 0 bridgehead atoms. The lowest BCUT2D eigenvalue weighted by molar-refractivity contribution is -0.116. The molecule has 8 heteroatoms. The maximum atomic E-state index is 12.1. The van der Waals surface area contributed by atoms with Gasteiger partial charge in [-0.2, -0.15) is 0 Å². The molecule has 0 radical (unpaired) electrons. The summed E-state index contributed by atoms with van der Waals surface area (Å²) in [6.45, 7) is 0.265. The topological polar surface area (TPSA) is 77.8 Å². The van der Waals surface area contributed by atoms with Crippen LogP contribution in [0.25, 0.3) is 11.7 Å². The van der Waals surface area contributed by atoms with E-state index in [2.05, 4.69) is 15.5 Å². The van der Waals surface area contributed by atoms with E-state index in [1.54, 1.807) is 18.2 Å². The zero-order valence-electron chi connectivity index (χ0n) is 14.3. The van der Waals surface area contributed by atoms with Crippen LogP contribution in [0.5, 0.6) is 11.5 Å². The van der Waals surface area contributed by atoms with Crippen LogP contribution in [0.3, 0.4) is 0 Å². The van der Waals surface area contributed by atoms with Crippen molar-refractivity contribution in [1.29, 1.82) is 0 Å². The lowest BCUT2D eigenvalue weighted by atomic mass is 10.2. The highest BCUT2D eigenvalue weighted by atomic mass is 35.5. The van der Waals surface area contributed by atoms with E-state index in [-0.39, 0.29) is 12.5 Å². The van der Waals surface area contributed by atoms with Gasteiger partial charge in [0, 0.05) is 12.3 Å². The molecular weight excluding hydrogens is 356 g/mol. The number of carbonyl (C=O) groups excluding carboxylic acids is 1. The summed E-state index contributed by atoms with van der Waals surface area (Å²) in [4.78, 5) is 12.1. The third kappa shape index (κ3) is 3.78. The minimum Gasteiger partial charge on any atom is -0.493 e. The van der Waals surface area contributed by atoms with E-state index in [0.717, 1.165) is 11.2 Å². The number of carbonyl (C=O) groups is 1. The molecular formula is C18H17ClN4O3. The smallest absolute Gasteiger partial charge is 0.244 e. The molecule has 3 rings (SSSR count). The second-order valence-electron chi connectivity index (χ2n) is 5.33. The van der Waals surface area contributed by atoms with Gasteiger partial charge in [-0.1, -0.05) is 17.7 Å². The van der Waals surface area contributed by atoms with Crippen LogP contribution in [0.15, 0.2) is 42.6 Å². The van der Waals surface area contributed by atoms with Crippen molar-refractivity contribution in [2.45, 2.75) is 6.54 Å². The van der Waals surface area contributed by atoms with Crippen LogP contribution in [0.1, 0.15) is 11.4 Å². The Labute approximate surface area is 155 Å². The molecule has 1 N–H and O–H groups in total. The SMILES string of the molecule is COc1cc(C=CC(=O)NCc2nnc3ccccn23)cc(Cl)c1OC. The average molecular weight is 373 g/mol. The van der Waals surface area contributed by atoms with Crippen molar-refractivity contribution in [3.8, 4) is 11.5 Å². The molecule has 26 heavy (non-hydrogen) atoms. The first kappa shape index (κ1) is 17.8. The molecule has 0 spiro atoms. The molecule has 0 fully saturated rings. The van der Waals surface area contributed by atoms with Crippen LogP contribution in [0.4, 0.5) is 0 Å². The Bertz CT molecular complexity index is 968. The molecule has 2 heterocycles. The predicted octanol–water partition coefficient (Wildman–Crippen LogP) is 2.73. The number of halogens is 1. The summed E-state index contributed by atoms with van der Waals surface area (Å²) in [5.74, 6) is 1.34. The zero-order valence-corrected chi connectivity index (χ0v) is 15.0. The van der Waals surface area contributed by atoms with Crippen molar-refractivity contribution in [3.05, 3.63) is 59.0 Å². The van der Waals surface area contributed by atoms with Gasteiger partial charge in [0.1, 0.15) is 0 Å². The van der Waals surface area contributed by atoms with E-state index in [4.69, 9.17) is 21.1 Å². The number of pyridine rings is 1. The van der Waals surface area contributed by atoms with Crippen molar-refractivity contribution >= 4 is 29.2 Å². The fraction of sp³-hybridized carbons (Fsp3) is 0.167. The van der Waals surface area contributed by atoms with E-state index in [1.807, 2.05) is 28.8 Å². The van der Waals surface area contributed by atoms with Crippen LogP contribution in [0, 0.1) is 0 Å². The quantitative estimate of drug-likeness (QED) is 0.673. The van der Waals surface area contributed by atoms with Crippen LogP contribution in [0.2, 0.25) is 5.02 Å². The molecule has 0 aliphatic carbocycles. The van der Waals surface area contributed by atoms with Crippen molar-refractivity contribution in [3.63, 3.8) is 0 Å². The van der Waals surface area contributed by atoms with Gasteiger partial charge in [-0.3, -0.25) is 9.20 Å². The summed E-state index contributed by atoms with van der Waals surface area (Å²) < 4.78 is 12.2. The van der Waals surface area contributed by atoms with Gasteiger partial charge < -0.3 is 14.8 Å². The maximum Gasteiger partial charge on any atom is 0.244 e. The van der Waals surface area contributed by atoms with Crippen molar-refractivity contribution in [1.82, 2.24) is 19.9 Å². The van der Waals surface area contributed by atoms with Crippen LogP contribution in [-0.4, -0.2) is 34.7 Å². The Morgan fingerprint density at radius 1 is 1.27 bits per heavy atom. The molecule has 1 amide bonds. The fourth-order valence-electron chi connectivity index (χ4n) is 2.44. The molecule has 3 aromatic rings. The molecule has 0 aliphatic heterocycles. The highest BCUT2D eigenvalue weighted by molar-refractivity contribution is 6.32. The molecule has 1 aromatic carbocycles. The number of fused-ring (bicyclic) bond motifs is 1. The van der Waals surface area contributed by atoms with Gasteiger partial charge in [0.25, 0.3) is 0 Å². The molecule has 134 valence electrons. The number of benzene rings is 1. The molecule has 0 aliphatic rings. The number of rotatable bonds is 6. The number of nitrogens with zero attached hydrogens (tertiary/aromatic N) is 3. The number of nitrogens with one attached hydrogen (secondary N) is 1. The summed E-state index contributed by atoms with van der Waals surface area (Å²) in [7, 11) is 3.04. The summed E-state index contributed by atoms with van der Waals surface area (Å²) >= 11 is 6.16. The number of aromatic nitrogens is 3. The lowest BCUT2D eigenvalue weighted by Crippen LogP contribution is -2.21. The molecule has 0 saturated carbocycles. The number of amides is 1. The highest BCUT2D eigenvalue weighted by Gasteiger charge is 2.10. The number of hydrogen-bond donors (Lipinski definition) is 1. The van der Waals surface area contributed by atoms with Gasteiger partial charge in [0.05, 0.1) is 25.8 Å². The van der Waals surface area contributed by atoms with E-state index < -0.39 is 0 Å². The second-order valence-corrected chi connectivity index (χ2v) is 5.74. The molecule has 0 unspecified atom stereocenters. The standard InChI is InChI=1S/C18H17ClN4O3/c1-25-14-10-12(9-13(19)18(14)26-2)6-7-17(24)20-11-16-22-21-15-5-3-4-8-23(15)16/h3-10H,11H2,1-2H3,(H,20,24). The molecule has 7 nitrogen and oxygen atoms in total. The molecule has 2 aromatic heterocycles. The van der Waals surface area contributed by atoms with Gasteiger partial charge in [-0.25, -0.2) is 0 Å². The maximum absolute atomic E-state index is 12.1.